The molecule has 1 saturated heterocycles. The Morgan fingerprint density at radius 3 is 2.57 bits per heavy atom. The van der Waals surface area contributed by atoms with Crippen LogP contribution in [0.25, 0.3) is 0 Å². The van der Waals surface area contributed by atoms with Crippen molar-refractivity contribution in [2.75, 3.05) is 13.2 Å². The van der Waals surface area contributed by atoms with Crippen LogP contribution in [0, 0.1) is 11.8 Å². The van der Waals surface area contributed by atoms with Crippen molar-refractivity contribution in [3.63, 3.8) is 0 Å². The van der Waals surface area contributed by atoms with Crippen molar-refractivity contribution in [3.05, 3.63) is 0 Å². The Morgan fingerprint density at radius 2 is 2.07 bits per heavy atom. The van der Waals surface area contributed by atoms with Gasteiger partial charge in [0.2, 0.25) is 0 Å². The molecule has 0 radical (unpaired) electrons. The van der Waals surface area contributed by atoms with Crippen LogP contribution in [0.4, 0.5) is 0 Å². The second-order valence-corrected chi connectivity index (χ2v) is 4.95. The predicted molar refractivity (Wildman–Crippen MR) is 50.2 cm³/mol. The topological polar surface area (TPSA) is 72.8 Å². The van der Waals surface area contributed by atoms with E-state index in [1.165, 1.54) is 0 Å². The average Bonchev–Trinajstić information content (AvgIpc) is 2.06. The molecular formula is C8H16O5S. The molecule has 6 heteroatoms. The Balaban J connectivity index is 2.34. The Hall–Kier alpha value is -0.170. The first-order valence-corrected chi connectivity index (χ1v) is 5.98. The standard InChI is InChI=1S/C8H16O5S/c1-6-3-8(12-4-7(6)2)5-13-14(9,10)11/h6-8H,3-5H2,1-2H3,(H,9,10,11)/t6?,7?,8-/m1/s1. The molecule has 1 aliphatic heterocycles. The van der Waals surface area contributed by atoms with Crippen LogP contribution in [0.3, 0.4) is 0 Å². The van der Waals surface area contributed by atoms with Gasteiger partial charge in [-0.15, -0.1) is 0 Å². The monoisotopic (exact) mass is 224 g/mol. The van der Waals surface area contributed by atoms with Gasteiger partial charge >= 0.3 is 10.4 Å². The smallest absolute Gasteiger partial charge is 0.375 e. The highest BCUT2D eigenvalue weighted by atomic mass is 32.3. The minimum absolute atomic E-state index is 0.101. The van der Waals surface area contributed by atoms with E-state index in [9.17, 15) is 8.42 Å². The summed E-state index contributed by atoms with van der Waals surface area (Å²) in [6, 6.07) is 0. The van der Waals surface area contributed by atoms with E-state index in [1.807, 2.05) is 0 Å². The molecule has 0 spiro atoms. The molecule has 0 aromatic carbocycles. The van der Waals surface area contributed by atoms with Crippen LogP contribution in [0.1, 0.15) is 20.3 Å². The molecule has 1 rings (SSSR count). The first kappa shape index (κ1) is 11.9. The molecule has 0 aliphatic carbocycles. The van der Waals surface area contributed by atoms with E-state index >= 15 is 0 Å². The minimum Gasteiger partial charge on any atom is -0.375 e. The van der Waals surface area contributed by atoms with Gasteiger partial charge in [-0.05, 0) is 18.3 Å². The van der Waals surface area contributed by atoms with Gasteiger partial charge < -0.3 is 4.74 Å². The normalized spacial score (nSPS) is 34.4. The summed E-state index contributed by atoms with van der Waals surface area (Å²) in [6.07, 6.45) is 0.527. The zero-order valence-corrected chi connectivity index (χ0v) is 9.16. The zero-order valence-electron chi connectivity index (χ0n) is 8.34. The third-order valence-electron chi connectivity index (χ3n) is 2.60. The fourth-order valence-electron chi connectivity index (χ4n) is 1.45. The molecule has 0 saturated carbocycles. The van der Waals surface area contributed by atoms with Gasteiger partial charge in [0.05, 0.1) is 12.7 Å². The van der Waals surface area contributed by atoms with Gasteiger partial charge in [-0.3, -0.25) is 4.55 Å². The van der Waals surface area contributed by atoms with Crippen molar-refractivity contribution in [3.8, 4) is 0 Å². The van der Waals surface area contributed by atoms with Crippen LogP contribution in [0.5, 0.6) is 0 Å². The van der Waals surface area contributed by atoms with Crippen molar-refractivity contribution >= 4 is 10.4 Å². The highest BCUT2D eigenvalue weighted by Crippen LogP contribution is 2.25. The van der Waals surface area contributed by atoms with E-state index in [4.69, 9.17) is 9.29 Å². The third kappa shape index (κ3) is 3.91. The van der Waals surface area contributed by atoms with E-state index in [0.29, 0.717) is 18.4 Å². The second kappa shape index (κ2) is 4.57. The molecule has 0 aromatic rings. The van der Waals surface area contributed by atoms with E-state index in [0.717, 1.165) is 6.42 Å². The molecule has 1 fully saturated rings. The summed E-state index contributed by atoms with van der Waals surface area (Å²) in [5, 5.41) is 0. The average molecular weight is 224 g/mol. The van der Waals surface area contributed by atoms with Crippen LogP contribution in [0.15, 0.2) is 0 Å². The maximum Gasteiger partial charge on any atom is 0.397 e. The van der Waals surface area contributed by atoms with E-state index < -0.39 is 10.4 Å². The lowest BCUT2D eigenvalue weighted by Crippen LogP contribution is -2.34. The molecule has 14 heavy (non-hydrogen) atoms. The quantitative estimate of drug-likeness (QED) is 0.720. The van der Waals surface area contributed by atoms with Gasteiger partial charge in [0.1, 0.15) is 0 Å². The summed E-state index contributed by atoms with van der Waals surface area (Å²) in [5.41, 5.74) is 0. The van der Waals surface area contributed by atoms with Crippen LogP contribution < -0.4 is 0 Å². The van der Waals surface area contributed by atoms with E-state index in [2.05, 4.69) is 18.0 Å². The molecule has 1 heterocycles. The number of hydrogen-bond donors (Lipinski definition) is 1. The Morgan fingerprint density at radius 1 is 1.43 bits per heavy atom. The predicted octanol–water partition coefficient (Wildman–Crippen LogP) is 0.867. The van der Waals surface area contributed by atoms with Gasteiger partial charge in [0, 0.05) is 6.61 Å². The first-order chi connectivity index (χ1) is 6.38. The van der Waals surface area contributed by atoms with Crippen molar-refractivity contribution < 1.29 is 21.9 Å². The van der Waals surface area contributed by atoms with E-state index in [-0.39, 0.29) is 12.7 Å². The van der Waals surface area contributed by atoms with Gasteiger partial charge in [-0.2, -0.15) is 8.42 Å². The number of ether oxygens (including phenoxy) is 1. The molecule has 2 unspecified atom stereocenters. The SMILES string of the molecule is CC1CO[C@@H](COS(=O)(=O)O)CC1C. The maximum absolute atomic E-state index is 10.3. The Kier molecular flexibility index (Phi) is 3.88. The Bertz CT molecular complexity index is 273. The van der Waals surface area contributed by atoms with Crippen molar-refractivity contribution in [2.24, 2.45) is 11.8 Å². The summed E-state index contributed by atoms with van der Waals surface area (Å²) in [7, 11) is -4.33. The molecule has 3 atom stereocenters. The summed E-state index contributed by atoms with van der Waals surface area (Å²) in [4.78, 5) is 0. The number of hydrogen-bond acceptors (Lipinski definition) is 4. The zero-order chi connectivity index (χ0) is 10.8. The van der Waals surface area contributed by atoms with Gasteiger partial charge in [0.15, 0.2) is 0 Å². The van der Waals surface area contributed by atoms with Crippen molar-refractivity contribution in [1.29, 1.82) is 0 Å². The highest BCUT2D eigenvalue weighted by molar-refractivity contribution is 7.80. The maximum atomic E-state index is 10.3. The summed E-state index contributed by atoms with van der Waals surface area (Å²) in [5.74, 6) is 0.968. The summed E-state index contributed by atoms with van der Waals surface area (Å²) < 4.78 is 38.6. The molecule has 0 bridgehead atoms. The summed E-state index contributed by atoms with van der Waals surface area (Å²) >= 11 is 0. The van der Waals surface area contributed by atoms with Crippen LogP contribution in [-0.4, -0.2) is 32.3 Å². The van der Waals surface area contributed by atoms with Crippen molar-refractivity contribution in [1.82, 2.24) is 0 Å². The largest absolute Gasteiger partial charge is 0.397 e. The highest BCUT2D eigenvalue weighted by Gasteiger charge is 2.26. The second-order valence-electron chi connectivity index (χ2n) is 3.86. The molecule has 5 nitrogen and oxygen atoms in total. The lowest BCUT2D eigenvalue weighted by atomic mass is 9.89. The minimum atomic E-state index is -4.33. The molecule has 1 N–H and O–H groups in total. The fraction of sp³-hybridized carbons (Fsp3) is 1.00. The van der Waals surface area contributed by atoms with Gasteiger partial charge in [0.25, 0.3) is 0 Å². The van der Waals surface area contributed by atoms with Crippen LogP contribution >= 0.6 is 0 Å². The molecule has 84 valence electrons. The third-order valence-corrected chi connectivity index (χ3v) is 3.04. The molecule has 0 amide bonds. The lowest BCUT2D eigenvalue weighted by molar-refractivity contribution is -0.0560. The van der Waals surface area contributed by atoms with E-state index in [1.54, 1.807) is 0 Å². The first-order valence-electron chi connectivity index (χ1n) is 4.62. The molecular weight excluding hydrogens is 208 g/mol. The Labute approximate surface area is 84.4 Å². The fourth-order valence-corrected chi connectivity index (χ4v) is 1.77. The molecule has 0 aromatic heterocycles. The van der Waals surface area contributed by atoms with Crippen LogP contribution in [-0.2, 0) is 19.3 Å². The van der Waals surface area contributed by atoms with Gasteiger partial charge in [-0.25, -0.2) is 4.18 Å². The lowest BCUT2D eigenvalue weighted by Gasteiger charge is -2.31. The molecule has 1 aliphatic rings. The van der Waals surface area contributed by atoms with Gasteiger partial charge in [-0.1, -0.05) is 13.8 Å². The van der Waals surface area contributed by atoms with Crippen molar-refractivity contribution in [2.45, 2.75) is 26.4 Å². The van der Waals surface area contributed by atoms with Crippen LogP contribution in [0.2, 0.25) is 0 Å². The number of rotatable bonds is 3. The summed E-state index contributed by atoms with van der Waals surface area (Å²) in [6.45, 7) is 4.69.